The summed E-state index contributed by atoms with van der Waals surface area (Å²) in [5.41, 5.74) is 5.14. The molecule has 0 aromatic rings. The summed E-state index contributed by atoms with van der Waals surface area (Å²) in [5, 5.41) is 0. The topological polar surface area (TPSA) is 43.4 Å². The number of esters is 2. The molecule has 1 aliphatic carbocycles. The van der Waals surface area contributed by atoms with Gasteiger partial charge in [0.25, 0.3) is 0 Å². The highest BCUT2D eigenvalue weighted by Gasteiger charge is 2.34. The highest BCUT2D eigenvalue weighted by molar-refractivity contribution is 6.13. The van der Waals surface area contributed by atoms with Gasteiger partial charge in [0, 0.05) is 6.42 Å². The summed E-state index contributed by atoms with van der Waals surface area (Å²) >= 11 is 0. The lowest BCUT2D eigenvalue weighted by molar-refractivity contribution is -0.151. The predicted molar refractivity (Wildman–Crippen MR) is 87.1 cm³/mol. The number of carbonyl (C=O) groups is 2. The van der Waals surface area contributed by atoms with E-state index in [-0.39, 0.29) is 0 Å². The van der Waals surface area contributed by atoms with Crippen LogP contribution in [-0.2, 0) is 14.3 Å². The largest absolute Gasteiger partial charge is 0.386 e. The van der Waals surface area contributed by atoms with Crippen LogP contribution in [0.4, 0.5) is 0 Å². The summed E-state index contributed by atoms with van der Waals surface area (Å²) in [6.45, 7) is 6.41. The average Bonchev–Trinajstić information content (AvgIpc) is 2.73. The van der Waals surface area contributed by atoms with Crippen LogP contribution in [0.5, 0.6) is 0 Å². The smallest absolute Gasteiger partial charge is 0.342 e. The first kappa shape index (κ1) is 16.5. The second-order valence-electron chi connectivity index (χ2n) is 6.29. The zero-order valence-electron chi connectivity index (χ0n) is 13.7. The third-order valence-electron chi connectivity index (χ3n) is 4.09. The fourth-order valence-electron chi connectivity index (χ4n) is 2.77. The Morgan fingerprint density at radius 2 is 1.82 bits per heavy atom. The van der Waals surface area contributed by atoms with E-state index in [1.54, 1.807) is 0 Å². The molecule has 2 aliphatic rings. The Morgan fingerprint density at radius 3 is 2.55 bits per heavy atom. The second kappa shape index (κ2) is 7.39. The molecule has 0 amide bonds. The van der Waals surface area contributed by atoms with E-state index in [0.717, 1.165) is 25.7 Å². The van der Waals surface area contributed by atoms with Crippen LogP contribution in [0, 0.1) is 0 Å². The zero-order chi connectivity index (χ0) is 16.1. The van der Waals surface area contributed by atoms with Crippen molar-refractivity contribution in [2.45, 2.75) is 59.3 Å². The molecule has 0 N–H and O–H groups in total. The molecule has 0 unspecified atom stereocenters. The summed E-state index contributed by atoms with van der Waals surface area (Å²) in [4.78, 5) is 23.0. The van der Waals surface area contributed by atoms with Crippen LogP contribution in [-0.4, -0.2) is 11.9 Å². The summed E-state index contributed by atoms with van der Waals surface area (Å²) in [6, 6.07) is 0. The number of rotatable bonds is 6. The molecule has 0 saturated heterocycles. The fourth-order valence-corrected chi connectivity index (χ4v) is 2.77. The van der Waals surface area contributed by atoms with Gasteiger partial charge >= 0.3 is 11.9 Å². The zero-order valence-corrected chi connectivity index (χ0v) is 13.7. The summed E-state index contributed by atoms with van der Waals surface area (Å²) in [7, 11) is 0. The van der Waals surface area contributed by atoms with Crippen LogP contribution >= 0.6 is 0 Å². The minimum Gasteiger partial charge on any atom is -0.386 e. The van der Waals surface area contributed by atoms with E-state index < -0.39 is 11.9 Å². The molecular weight excluding hydrogens is 276 g/mol. The first-order valence-electron chi connectivity index (χ1n) is 7.93. The molecule has 0 atom stereocenters. The van der Waals surface area contributed by atoms with Gasteiger partial charge in [-0.3, -0.25) is 0 Å². The Bertz CT molecular complexity index is 596. The lowest BCUT2D eigenvalue weighted by Crippen LogP contribution is -2.03. The maximum atomic E-state index is 11.6. The van der Waals surface area contributed by atoms with E-state index in [2.05, 4.69) is 43.7 Å². The third-order valence-corrected chi connectivity index (χ3v) is 4.09. The molecule has 118 valence electrons. The van der Waals surface area contributed by atoms with E-state index in [0.29, 0.717) is 24.0 Å². The van der Waals surface area contributed by atoms with Crippen LogP contribution in [0.1, 0.15) is 59.3 Å². The van der Waals surface area contributed by atoms with Gasteiger partial charge in [-0.1, -0.05) is 34.9 Å². The van der Waals surface area contributed by atoms with Gasteiger partial charge in [-0.2, -0.15) is 0 Å². The number of ether oxygens (including phenoxy) is 1. The SMILES string of the molecule is CC(C)=CCC/C(C)=C\CCC1=CCC2=C(C1)C(=O)OC2=O. The van der Waals surface area contributed by atoms with Crippen molar-refractivity contribution in [2.75, 3.05) is 0 Å². The maximum absolute atomic E-state index is 11.6. The molecule has 0 bridgehead atoms. The van der Waals surface area contributed by atoms with Crippen LogP contribution in [0.3, 0.4) is 0 Å². The number of hydrogen-bond acceptors (Lipinski definition) is 3. The Balaban J connectivity index is 1.79. The van der Waals surface area contributed by atoms with Crippen LogP contribution < -0.4 is 0 Å². The Morgan fingerprint density at radius 1 is 1.09 bits per heavy atom. The first-order valence-corrected chi connectivity index (χ1v) is 7.93. The van der Waals surface area contributed by atoms with Gasteiger partial charge < -0.3 is 4.74 Å². The van der Waals surface area contributed by atoms with Gasteiger partial charge in [-0.05, 0) is 52.9 Å². The minimum absolute atomic E-state index is 0.445. The molecule has 0 radical (unpaired) electrons. The van der Waals surface area contributed by atoms with Crippen molar-refractivity contribution in [2.24, 2.45) is 0 Å². The van der Waals surface area contributed by atoms with Gasteiger partial charge in [-0.25, -0.2) is 9.59 Å². The number of cyclic esters (lactones) is 2. The van der Waals surface area contributed by atoms with Crippen molar-refractivity contribution >= 4 is 11.9 Å². The molecular formula is C19H24O3. The third kappa shape index (κ3) is 4.30. The molecule has 22 heavy (non-hydrogen) atoms. The normalized spacial score (nSPS) is 18.1. The molecule has 0 aromatic carbocycles. The molecule has 3 nitrogen and oxygen atoms in total. The maximum Gasteiger partial charge on any atom is 0.342 e. The fraction of sp³-hybridized carbons (Fsp3) is 0.474. The molecule has 0 saturated carbocycles. The van der Waals surface area contributed by atoms with Gasteiger partial charge in [0.1, 0.15) is 0 Å². The Kier molecular flexibility index (Phi) is 5.53. The molecule has 0 fully saturated rings. The highest BCUT2D eigenvalue weighted by Crippen LogP contribution is 2.32. The number of carbonyl (C=O) groups excluding carboxylic acids is 2. The summed E-state index contributed by atoms with van der Waals surface area (Å²) in [6.07, 6.45) is 11.8. The summed E-state index contributed by atoms with van der Waals surface area (Å²) < 4.78 is 4.66. The molecule has 0 aromatic heterocycles. The van der Waals surface area contributed by atoms with E-state index in [1.165, 1.54) is 16.7 Å². The Labute approximate surface area is 132 Å². The van der Waals surface area contributed by atoms with Crippen molar-refractivity contribution < 1.29 is 14.3 Å². The molecule has 1 heterocycles. The van der Waals surface area contributed by atoms with Crippen molar-refractivity contribution in [1.82, 2.24) is 0 Å². The quantitative estimate of drug-likeness (QED) is 0.410. The van der Waals surface area contributed by atoms with E-state index in [1.807, 2.05) is 0 Å². The predicted octanol–water partition coefficient (Wildman–Crippen LogP) is 4.56. The molecule has 0 spiro atoms. The van der Waals surface area contributed by atoms with Crippen molar-refractivity contribution in [1.29, 1.82) is 0 Å². The van der Waals surface area contributed by atoms with Crippen LogP contribution in [0.2, 0.25) is 0 Å². The molecule has 2 rings (SSSR count). The van der Waals surface area contributed by atoms with Crippen LogP contribution in [0.15, 0.2) is 46.1 Å². The first-order chi connectivity index (χ1) is 10.5. The van der Waals surface area contributed by atoms with E-state index >= 15 is 0 Å². The number of hydrogen-bond donors (Lipinski definition) is 0. The monoisotopic (exact) mass is 300 g/mol. The van der Waals surface area contributed by atoms with E-state index in [4.69, 9.17) is 0 Å². The molecule has 3 heteroatoms. The Hall–Kier alpha value is -1.90. The molecule has 1 aliphatic heterocycles. The lowest BCUT2D eigenvalue weighted by Gasteiger charge is -2.11. The minimum atomic E-state index is -0.453. The van der Waals surface area contributed by atoms with Crippen molar-refractivity contribution in [3.63, 3.8) is 0 Å². The van der Waals surface area contributed by atoms with Crippen LogP contribution in [0.25, 0.3) is 0 Å². The standard InChI is InChI=1S/C19H24O3/c1-13(2)6-4-7-14(3)8-5-9-15-10-11-16-17(12-15)19(21)22-18(16)20/h6,8,10H,4-5,7,9,11-12H2,1-3H3/b14-8-. The van der Waals surface area contributed by atoms with Gasteiger partial charge in [-0.15, -0.1) is 0 Å². The lowest BCUT2D eigenvalue weighted by atomic mass is 9.90. The second-order valence-corrected chi connectivity index (χ2v) is 6.29. The van der Waals surface area contributed by atoms with Gasteiger partial charge in [0.2, 0.25) is 0 Å². The highest BCUT2D eigenvalue weighted by atomic mass is 16.6. The average molecular weight is 300 g/mol. The van der Waals surface area contributed by atoms with Crippen molar-refractivity contribution in [3.8, 4) is 0 Å². The van der Waals surface area contributed by atoms with Crippen molar-refractivity contribution in [3.05, 3.63) is 46.1 Å². The van der Waals surface area contributed by atoms with Gasteiger partial charge in [0.05, 0.1) is 11.1 Å². The number of allylic oxidation sites excluding steroid dienone is 6. The van der Waals surface area contributed by atoms with E-state index in [9.17, 15) is 9.59 Å². The summed E-state index contributed by atoms with van der Waals surface area (Å²) in [5.74, 6) is -0.899. The van der Waals surface area contributed by atoms with Gasteiger partial charge in [0.15, 0.2) is 0 Å².